The van der Waals surface area contributed by atoms with Crippen molar-refractivity contribution < 1.29 is 0 Å². The number of hydrogen-bond donors (Lipinski definition) is 1. The zero-order valence-electron chi connectivity index (χ0n) is 11.7. The van der Waals surface area contributed by atoms with E-state index in [4.69, 9.17) is 0 Å². The maximum Gasteiger partial charge on any atom is 0.0331 e. The van der Waals surface area contributed by atoms with Gasteiger partial charge in [-0.15, -0.1) is 6.58 Å². The summed E-state index contributed by atoms with van der Waals surface area (Å²) in [5.74, 6) is 0.621. The van der Waals surface area contributed by atoms with Crippen LogP contribution in [-0.2, 0) is 0 Å². The molecule has 1 fully saturated rings. The lowest BCUT2D eigenvalue weighted by atomic mass is 9.58. The molecular formula is C17H23N. The van der Waals surface area contributed by atoms with Gasteiger partial charge in [-0.1, -0.05) is 43.7 Å². The smallest absolute Gasteiger partial charge is 0.0331 e. The Balaban J connectivity index is 2.06. The Morgan fingerprint density at radius 1 is 1.33 bits per heavy atom. The Labute approximate surface area is 110 Å². The van der Waals surface area contributed by atoms with Gasteiger partial charge in [-0.2, -0.15) is 0 Å². The average Bonchev–Trinajstić information content (AvgIpc) is 2.26. The SMILES string of the molecule is C=C(C)C[C@H]1N[C@H]2CC(C)(C)[C@H]1c1ccccc12. The molecule has 1 aliphatic carbocycles. The standard InChI is InChI=1S/C17H23N/c1-11(2)9-14-16-13-8-6-5-7-12(13)15(18-14)10-17(16,3)4/h5-8,14-16,18H,1,9-10H2,2-4H3/t14-,15+,16+/m1/s1. The molecule has 96 valence electrons. The van der Waals surface area contributed by atoms with E-state index < -0.39 is 0 Å². The summed E-state index contributed by atoms with van der Waals surface area (Å²) in [5.41, 5.74) is 4.78. The van der Waals surface area contributed by atoms with Gasteiger partial charge in [-0.3, -0.25) is 0 Å². The highest BCUT2D eigenvalue weighted by molar-refractivity contribution is 5.41. The van der Waals surface area contributed by atoms with Gasteiger partial charge >= 0.3 is 0 Å². The van der Waals surface area contributed by atoms with Crippen LogP contribution in [0, 0.1) is 5.41 Å². The minimum absolute atomic E-state index is 0.393. The van der Waals surface area contributed by atoms with Crippen LogP contribution in [0.3, 0.4) is 0 Å². The van der Waals surface area contributed by atoms with Gasteiger partial charge in [0.2, 0.25) is 0 Å². The van der Waals surface area contributed by atoms with Crippen molar-refractivity contribution in [2.45, 2.75) is 51.6 Å². The molecule has 1 aromatic carbocycles. The monoisotopic (exact) mass is 241 g/mol. The zero-order valence-corrected chi connectivity index (χ0v) is 11.7. The van der Waals surface area contributed by atoms with E-state index in [0.29, 0.717) is 23.4 Å². The summed E-state index contributed by atoms with van der Waals surface area (Å²) in [6, 6.07) is 10.1. The van der Waals surface area contributed by atoms with Crippen molar-refractivity contribution in [3.8, 4) is 0 Å². The van der Waals surface area contributed by atoms with E-state index in [0.717, 1.165) is 6.42 Å². The summed E-state index contributed by atoms with van der Waals surface area (Å²) in [5, 5.41) is 3.84. The molecule has 0 radical (unpaired) electrons. The largest absolute Gasteiger partial charge is 0.306 e. The first-order chi connectivity index (χ1) is 8.49. The van der Waals surface area contributed by atoms with Gasteiger partial charge in [0.1, 0.15) is 0 Å². The molecule has 1 nitrogen and oxygen atoms in total. The second-order valence-corrected chi connectivity index (χ2v) is 6.79. The van der Waals surface area contributed by atoms with Gasteiger partial charge in [0, 0.05) is 18.0 Å². The fourth-order valence-corrected chi connectivity index (χ4v) is 4.11. The van der Waals surface area contributed by atoms with Crippen LogP contribution in [0.5, 0.6) is 0 Å². The molecule has 2 aliphatic heterocycles. The van der Waals surface area contributed by atoms with Crippen LogP contribution in [0.2, 0.25) is 0 Å². The van der Waals surface area contributed by atoms with Crippen molar-refractivity contribution in [3.63, 3.8) is 0 Å². The van der Waals surface area contributed by atoms with Crippen molar-refractivity contribution in [1.29, 1.82) is 0 Å². The highest BCUT2D eigenvalue weighted by Crippen LogP contribution is 2.55. The predicted molar refractivity (Wildman–Crippen MR) is 76.7 cm³/mol. The summed E-state index contributed by atoms with van der Waals surface area (Å²) in [4.78, 5) is 0. The number of nitrogens with one attached hydrogen (secondary N) is 1. The van der Waals surface area contributed by atoms with Crippen molar-refractivity contribution in [2.75, 3.05) is 0 Å². The van der Waals surface area contributed by atoms with Gasteiger partial charge in [0.25, 0.3) is 0 Å². The van der Waals surface area contributed by atoms with E-state index in [1.807, 2.05) is 0 Å². The minimum atomic E-state index is 0.393. The van der Waals surface area contributed by atoms with E-state index >= 15 is 0 Å². The summed E-state index contributed by atoms with van der Waals surface area (Å²) in [7, 11) is 0. The Hall–Kier alpha value is -1.08. The second kappa shape index (κ2) is 3.96. The van der Waals surface area contributed by atoms with Crippen LogP contribution in [0.15, 0.2) is 36.4 Å². The summed E-state index contributed by atoms with van der Waals surface area (Å²) < 4.78 is 0. The molecule has 0 unspecified atom stereocenters. The summed E-state index contributed by atoms with van der Waals surface area (Å²) in [6.45, 7) is 11.1. The van der Waals surface area contributed by atoms with Gasteiger partial charge in [0.05, 0.1) is 0 Å². The van der Waals surface area contributed by atoms with E-state index in [-0.39, 0.29) is 0 Å². The van der Waals surface area contributed by atoms with Gasteiger partial charge in [-0.05, 0) is 36.3 Å². The Morgan fingerprint density at radius 3 is 2.67 bits per heavy atom. The number of hydrogen-bond acceptors (Lipinski definition) is 1. The maximum absolute atomic E-state index is 4.10. The van der Waals surface area contributed by atoms with Gasteiger partial charge < -0.3 is 5.32 Å². The lowest BCUT2D eigenvalue weighted by molar-refractivity contribution is 0.104. The number of benzene rings is 1. The van der Waals surface area contributed by atoms with E-state index in [1.165, 1.54) is 17.6 Å². The minimum Gasteiger partial charge on any atom is -0.306 e. The first-order valence-corrected chi connectivity index (χ1v) is 6.98. The normalized spacial score (nSPS) is 32.1. The van der Waals surface area contributed by atoms with Crippen LogP contribution >= 0.6 is 0 Å². The molecule has 0 spiro atoms. The Kier molecular flexibility index (Phi) is 2.63. The predicted octanol–water partition coefficient (Wildman–Crippen LogP) is 4.18. The van der Waals surface area contributed by atoms with E-state index in [9.17, 15) is 0 Å². The second-order valence-electron chi connectivity index (χ2n) is 6.79. The van der Waals surface area contributed by atoms with Crippen molar-refractivity contribution in [2.24, 2.45) is 5.41 Å². The van der Waals surface area contributed by atoms with E-state index in [1.54, 1.807) is 5.56 Å². The lowest BCUT2D eigenvalue weighted by Gasteiger charge is -2.54. The fourth-order valence-electron chi connectivity index (χ4n) is 4.11. The number of fused-ring (bicyclic) bond motifs is 2. The lowest BCUT2D eigenvalue weighted by Crippen LogP contribution is -2.54. The first-order valence-electron chi connectivity index (χ1n) is 6.98. The van der Waals surface area contributed by atoms with Crippen LogP contribution in [0.25, 0.3) is 0 Å². The summed E-state index contributed by atoms with van der Waals surface area (Å²) >= 11 is 0. The molecule has 2 heterocycles. The molecule has 2 bridgehead atoms. The summed E-state index contributed by atoms with van der Waals surface area (Å²) in [6.07, 6.45) is 2.35. The fraction of sp³-hybridized carbons (Fsp3) is 0.529. The van der Waals surface area contributed by atoms with Gasteiger partial charge in [-0.25, -0.2) is 0 Å². The molecule has 0 aromatic heterocycles. The van der Waals surface area contributed by atoms with E-state index in [2.05, 4.69) is 56.9 Å². The first kappa shape index (κ1) is 12.0. The molecular weight excluding hydrogens is 218 g/mol. The van der Waals surface area contributed by atoms with Crippen LogP contribution in [0.4, 0.5) is 0 Å². The molecule has 0 amide bonds. The molecule has 1 heteroatoms. The molecule has 4 rings (SSSR count). The Bertz CT molecular complexity index is 486. The molecule has 1 N–H and O–H groups in total. The topological polar surface area (TPSA) is 12.0 Å². The molecule has 1 saturated heterocycles. The third kappa shape index (κ3) is 1.73. The average molecular weight is 241 g/mol. The Morgan fingerprint density at radius 2 is 2.00 bits per heavy atom. The zero-order chi connectivity index (χ0) is 12.9. The maximum atomic E-state index is 4.10. The van der Waals surface area contributed by atoms with Crippen molar-refractivity contribution in [3.05, 3.63) is 47.5 Å². The molecule has 0 saturated carbocycles. The van der Waals surface area contributed by atoms with Crippen LogP contribution < -0.4 is 5.32 Å². The molecule has 1 aromatic rings. The quantitative estimate of drug-likeness (QED) is 0.766. The van der Waals surface area contributed by atoms with Crippen molar-refractivity contribution >= 4 is 0 Å². The van der Waals surface area contributed by atoms with Crippen LogP contribution in [-0.4, -0.2) is 6.04 Å². The number of piperidine rings is 1. The molecule has 3 aliphatic rings. The van der Waals surface area contributed by atoms with Gasteiger partial charge in [0.15, 0.2) is 0 Å². The highest BCUT2D eigenvalue weighted by Gasteiger charge is 2.48. The highest BCUT2D eigenvalue weighted by atomic mass is 15.0. The molecule has 18 heavy (non-hydrogen) atoms. The van der Waals surface area contributed by atoms with Crippen molar-refractivity contribution in [1.82, 2.24) is 5.32 Å². The molecule has 3 atom stereocenters. The number of rotatable bonds is 2. The third-order valence-corrected chi connectivity index (χ3v) is 4.66. The third-order valence-electron chi connectivity index (χ3n) is 4.66. The van der Waals surface area contributed by atoms with Crippen LogP contribution in [0.1, 0.15) is 56.7 Å².